The van der Waals surface area contributed by atoms with E-state index < -0.39 is 5.97 Å². The molecular weight excluding hydrogens is 242 g/mol. The molecule has 0 amide bonds. The second kappa shape index (κ2) is 4.16. The monoisotopic (exact) mass is 255 g/mol. The number of rotatable bonds is 1. The number of benzene rings is 1. The van der Waals surface area contributed by atoms with Crippen LogP contribution in [0.15, 0.2) is 24.3 Å². The standard InChI is InChI=1S/C15H13NO3/c1-8-4-13-11(14(17)5-8)7-10-6-9(15(18)19)2-3-12(10)16-13/h2-3,6-8H,4-5H2,1H3,(H,18,19). The van der Waals surface area contributed by atoms with Crippen molar-refractivity contribution < 1.29 is 14.7 Å². The zero-order valence-corrected chi connectivity index (χ0v) is 10.5. The summed E-state index contributed by atoms with van der Waals surface area (Å²) >= 11 is 0. The Morgan fingerprint density at radius 2 is 2.11 bits per heavy atom. The molecule has 1 aromatic carbocycles. The third kappa shape index (κ3) is 1.99. The van der Waals surface area contributed by atoms with Crippen molar-refractivity contribution in [3.8, 4) is 0 Å². The van der Waals surface area contributed by atoms with Crippen molar-refractivity contribution >= 4 is 22.7 Å². The van der Waals surface area contributed by atoms with Crippen LogP contribution in [0.4, 0.5) is 0 Å². The van der Waals surface area contributed by atoms with Crippen LogP contribution in [-0.2, 0) is 6.42 Å². The van der Waals surface area contributed by atoms with E-state index in [-0.39, 0.29) is 11.3 Å². The van der Waals surface area contributed by atoms with E-state index in [1.54, 1.807) is 18.2 Å². The van der Waals surface area contributed by atoms with Crippen molar-refractivity contribution in [3.05, 3.63) is 41.1 Å². The van der Waals surface area contributed by atoms with Gasteiger partial charge in [-0.25, -0.2) is 4.79 Å². The van der Waals surface area contributed by atoms with Gasteiger partial charge < -0.3 is 5.11 Å². The van der Waals surface area contributed by atoms with Gasteiger partial charge in [0.2, 0.25) is 0 Å². The number of Topliss-reactive ketones (excluding diaryl/α,β-unsaturated/α-hetero) is 1. The molecule has 4 heteroatoms. The second-order valence-corrected chi connectivity index (χ2v) is 5.13. The minimum Gasteiger partial charge on any atom is -0.478 e. The topological polar surface area (TPSA) is 67.3 Å². The largest absolute Gasteiger partial charge is 0.478 e. The number of hydrogen-bond donors (Lipinski definition) is 1. The lowest BCUT2D eigenvalue weighted by Gasteiger charge is -2.19. The van der Waals surface area contributed by atoms with Crippen LogP contribution < -0.4 is 0 Å². The van der Waals surface area contributed by atoms with Gasteiger partial charge in [-0.05, 0) is 36.6 Å². The Bertz CT molecular complexity index is 706. The minimum absolute atomic E-state index is 0.101. The predicted octanol–water partition coefficient (Wildman–Crippen LogP) is 2.70. The molecule has 3 rings (SSSR count). The third-order valence-corrected chi connectivity index (χ3v) is 3.52. The van der Waals surface area contributed by atoms with Crippen molar-refractivity contribution in [2.24, 2.45) is 5.92 Å². The molecule has 1 aliphatic rings. The molecule has 1 aliphatic carbocycles. The van der Waals surface area contributed by atoms with Gasteiger partial charge in [-0.3, -0.25) is 9.78 Å². The first-order chi connectivity index (χ1) is 9.04. The molecule has 1 atom stereocenters. The Hall–Kier alpha value is -2.23. The Morgan fingerprint density at radius 1 is 1.32 bits per heavy atom. The summed E-state index contributed by atoms with van der Waals surface area (Å²) in [6.45, 7) is 2.04. The van der Waals surface area contributed by atoms with E-state index >= 15 is 0 Å². The summed E-state index contributed by atoms with van der Waals surface area (Å²) in [5, 5.41) is 9.69. The molecule has 0 saturated carbocycles. The van der Waals surface area contributed by atoms with Gasteiger partial charge in [0.1, 0.15) is 0 Å². The van der Waals surface area contributed by atoms with Gasteiger partial charge in [0.15, 0.2) is 5.78 Å². The van der Waals surface area contributed by atoms with Gasteiger partial charge in [-0.15, -0.1) is 0 Å². The molecule has 4 nitrogen and oxygen atoms in total. The Labute approximate surface area is 110 Å². The van der Waals surface area contributed by atoms with Crippen LogP contribution in [-0.4, -0.2) is 21.8 Å². The molecule has 0 saturated heterocycles. The summed E-state index contributed by atoms with van der Waals surface area (Å²) in [5.41, 5.74) is 2.43. The average Bonchev–Trinajstić information content (AvgIpc) is 2.36. The fraction of sp³-hybridized carbons (Fsp3) is 0.267. The number of nitrogens with zero attached hydrogens (tertiary/aromatic N) is 1. The Morgan fingerprint density at radius 3 is 2.84 bits per heavy atom. The molecule has 0 aliphatic heterocycles. The maximum atomic E-state index is 12.0. The Kier molecular flexibility index (Phi) is 2.59. The zero-order valence-electron chi connectivity index (χ0n) is 10.5. The maximum Gasteiger partial charge on any atom is 0.335 e. The van der Waals surface area contributed by atoms with Crippen LogP contribution in [0.2, 0.25) is 0 Å². The number of ketones is 1. The lowest BCUT2D eigenvalue weighted by atomic mass is 9.86. The zero-order chi connectivity index (χ0) is 13.6. The number of carbonyl (C=O) groups is 2. The van der Waals surface area contributed by atoms with E-state index in [1.165, 1.54) is 6.07 Å². The highest BCUT2D eigenvalue weighted by Gasteiger charge is 2.24. The summed E-state index contributed by atoms with van der Waals surface area (Å²) in [6.07, 6.45) is 1.34. The fourth-order valence-corrected chi connectivity index (χ4v) is 2.58. The molecule has 96 valence electrons. The molecular formula is C15H13NO3. The van der Waals surface area contributed by atoms with Crippen molar-refractivity contribution in [2.45, 2.75) is 19.8 Å². The molecule has 1 aromatic heterocycles. The molecule has 1 unspecified atom stereocenters. The Balaban J connectivity index is 2.21. The van der Waals surface area contributed by atoms with Gasteiger partial charge in [0, 0.05) is 17.4 Å². The third-order valence-electron chi connectivity index (χ3n) is 3.52. The van der Waals surface area contributed by atoms with Crippen LogP contribution in [0, 0.1) is 5.92 Å². The molecule has 0 fully saturated rings. The number of pyridine rings is 1. The first kappa shape index (κ1) is 11.8. The fourth-order valence-electron chi connectivity index (χ4n) is 2.58. The molecule has 0 spiro atoms. The highest BCUT2D eigenvalue weighted by Crippen LogP contribution is 2.27. The maximum absolute atomic E-state index is 12.0. The van der Waals surface area contributed by atoms with E-state index in [9.17, 15) is 9.59 Å². The highest BCUT2D eigenvalue weighted by molar-refractivity contribution is 6.02. The van der Waals surface area contributed by atoms with Crippen molar-refractivity contribution in [1.82, 2.24) is 4.98 Å². The van der Waals surface area contributed by atoms with Crippen LogP contribution >= 0.6 is 0 Å². The van der Waals surface area contributed by atoms with Gasteiger partial charge in [0.25, 0.3) is 0 Å². The number of aromatic carboxylic acids is 1. The summed E-state index contributed by atoms with van der Waals surface area (Å²) in [6, 6.07) is 6.58. The number of carboxylic acid groups (broad SMARTS) is 1. The van der Waals surface area contributed by atoms with Gasteiger partial charge in [-0.2, -0.15) is 0 Å². The van der Waals surface area contributed by atoms with E-state index in [4.69, 9.17) is 5.11 Å². The summed E-state index contributed by atoms with van der Waals surface area (Å²) in [4.78, 5) is 27.5. The molecule has 19 heavy (non-hydrogen) atoms. The van der Waals surface area contributed by atoms with E-state index in [0.29, 0.717) is 23.3 Å². The summed E-state index contributed by atoms with van der Waals surface area (Å²) < 4.78 is 0. The quantitative estimate of drug-likeness (QED) is 0.850. The van der Waals surface area contributed by atoms with Crippen LogP contribution in [0.25, 0.3) is 10.9 Å². The van der Waals surface area contributed by atoms with Gasteiger partial charge >= 0.3 is 5.97 Å². The van der Waals surface area contributed by atoms with Crippen LogP contribution in [0.1, 0.15) is 39.8 Å². The number of carboxylic acids is 1. The van der Waals surface area contributed by atoms with Crippen molar-refractivity contribution in [3.63, 3.8) is 0 Å². The summed E-state index contributed by atoms with van der Waals surface area (Å²) in [5.74, 6) is -0.549. The lowest BCUT2D eigenvalue weighted by molar-refractivity contribution is 0.0697. The number of hydrogen-bond acceptors (Lipinski definition) is 3. The molecule has 1 N–H and O–H groups in total. The first-order valence-corrected chi connectivity index (χ1v) is 6.25. The predicted molar refractivity (Wildman–Crippen MR) is 70.5 cm³/mol. The molecule has 0 bridgehead atoms. The lowest BCUT2D eigenvalue weighted by Crippen LogP contribution is -2.19. The first-order valence-electron chi connectivity index (χ1n) is 6.25. The summed E-state index contributed by atoms with van der Waals surface area (Å²) in [7, 11) is 0. The molecule has 1 heterocycles. The van der Waals surface area contributed by atoms with Crippen LogP contribution in [0.3, 0.4) is 0 Å². The smallest absolute Gasteiger partial charge is 0.335 e. The van der Waals surface area contributed by atoms with Gasteiger partial charge in [-0.1, -0.05) is 6.92 Å². The normalized spacial score (nSPS) is 18.4. The second-order valence-electron chi connectivity index (χ2n) is 5.13. The number of aromatic nitrogens is 1. The average molecular weight is 255 g/mol. The van der Waals surface area contributed by atoms with E-state index in [0.717, 1.165) is 17.6 Å². The van der Waals surface area contributed by atoms with E-state index in [2.05, 4.69) is 4.98 Å². The molecule has 0 radical (unpaired) electrons. The highest BCUT2D eigenvalue weighted by atomic mass is 16.4. The number of fused-ring (bicyclic) bond motifs is 2. The van der Waals surface area contributed by atoms with E-state index in [1.807, 2.05) is 6.92 Å². The number of carbonyl (C=O) groups excluding carboxylic acids is 1. The van der Waals surface area contributed by atoms with Crippen LogP contribution in [0.5, 0.6) is 0 Å². The van der Waals surface area contributed by atoms with Crippen molar-refractivity contribution in [1.29, 1.82) is 0 Å². The van der Waals surface area contributed by atoms with Gasteiger partial charge in [0.05, 0.1) is 16.8 Å². The SMILES string of the molecule is CC1CC(=O)c2cc3cc(C(=O)O)ccc3nc2C1. The van der Waals surface area contributed by atoms with Crippen molar-refractivity contribution in [2.75, 3.05) is 0 Å². The minimum atomic E-state index is -0.973. The molecule has 2 aromatic rings.